The third-order valence-corrected chi connectivity index (χ3v) is 8.46. The number of hydrogen-bond donors (Lipinski definition) is 13. The van der Waals surface area contributed by atoms with Crippen LogP contribution in [0.2, 0.25) is 0 Å². The smallest absolute Gasteiger partial charge is 0.326 e. The predicted octanol–water partition coefficient (Wildman–Crippen LogP) is -4.96. The van der Waals surface area contributed by atoms with Gasteiger partial charge in [-0.05, 0) is 43.9 Å². The van der Waals surface area contributed by atoms with E-state index in [-0.39, 0.29) is 37.0 Å². The van der Waals surface area contributed by atoms with Crippen LogP contribution in [0, 0.1) is 17.8 Å². The first-order valence-corrected chi connectivity index (χ1v) is 19.2. The summed E-state index contributed by atoms with van der Waals surface area (Å²) in [6.45, 7) is 9.20. The second-order valence-electron chi connectivity index (χ2n) is 15.2. The van der Waals surface area contributed by atoms with E-state index < -0.39 is 140 Å². The number of amides is 9. The Bertz CT molecular complexity index is 1560. The third-order valence-electron chi connectivity index (χ3n) is 8.46. The highest BCUT2D eigenvalue weighted by Crippen LogP contribution is 2.09. The standard InChI is InChI=1S/C36H62N10O14/c1-16(2)10-21(32(55)43-20(8-9-25(37)48)31(54)41-19(7)30(53)46-23(36(59)60)11-17(3)4)44-33(56)22(12-28(51)52)45-34(57)24(15-47)42-27(50)14-39-26(49)13-40-35(58)29(38)18(5)6/h16-24,29,47H,8-15,38H2,1-7H3,(H2,37,48)(H,39,49)(H,40,58)(H,41,54)(H,42,50)(H,43,55)(H,44,56)(H,45,57)(H,46,53)(H,51,52)(H,59,60)/t19-,20-,21-,22-,23-,24-,29-/m0/s1. The molecule has 0 rings (SSSR count). The molecule has 15 N–H and O–H groups in total. The van der Waals surface area contributed by atoms with E-state index in [1.807, 2.05) is 0 Å². The Kier molecular flexibility index (Phi) is 24.3. The molecule has 0 aromatic heterocycles. The van der Waals surface area contributed by atoms with Gasteiger partial charge in [-0.25, -0.2) is 4.79 Å². The summed E-state index contributed by atoms with van der Waals surface area (Å²) in [7, 11) is 0. The van der Waals surface area contributed by atoms with Gasteiger partial charge in [-0.15, -0.1) is 0 Å². The lowest BCUT2D eigenvalue weighted by Gasteiger charge is -2.27. The summed E-state index contributed by atoms with van der Waals surface area (Å²) in [5.41, 5.74) is 11.0. The second kappa shape index (κ2) is 27.0. The molecule has 0 bridgehead atoms. The molecule has 0 aliphatic rings. The first-order valence-electron chi connectivity index (χ1n) is 19.2. The lowest BCUT2D eigenvalue weighted by molar-refractivity contribution is -0.143. The minimum absolute atomic E-state index is 0.0952. The molecule has 0 heterocycles. The maximum absolute atomic E-state index is 13.6. The fraction of sp³-hybridized carbons (Fsp3) is 0.694. The molecule has 0 saturated heterocycles. The van der Waals surface area contributed by atoms with Crippen LogP contribution in [-0.4, -0.2) is 142 Å². The number of rotatable bonds is 28. The van der Waals surface area contributed by atoms with Gasteiger partial charge < -0.3 is 69.3 Å². The van der Waals surface area contributed by atoms with Crippen molar-refractivity contribution >= 4 is 65.1 Å². The van der Waals surface area contributed by atoms with E-state index in [4.69, 9.17) is 11.5 Å². The van der Waals surface area contributed by atoms with Gasteiger partial charge in [0.2, 0.25) is 53.2 Å². The van der Waals surface area contributed by atoms with Gasteiger partial charge in [-0.3, -0.25) is 47.9 Å². The Balaban J connectivity index is 5.90. The molecule has 0 aliphatic carbocycles. The number of carboxylic acid groups (broad SMARTS) is 2. The van der Waals surface area contributed by atoms with Crippen LogP contribution in [0.15, 0.2) is 0 Å². The zero-order chi connectivity index (χ0) is 46.4. The lowest BCUT2D eigenvalue weighted by atomic mass is 10.0. The average molecular weight is 859 g/mol. The van der Waals surface area contributed by atoms with Gasteiger partial charge in [0.1, 0.15) is 36.3 Å². The molecule has 0 fully saturated rings. The lowest BCUT2D eigenvalue weighted by Crippen LogP contribution is -2.60. The fourth-order valence-electron chi connectivity index (χ4n) is 5.10. The highest BCUT2D eigenvalue weighted by molar-refractivity contribution is 5.98. The van der Waals surface area contributed by atoms with E-state index in [0.29, 0.717) is 0 Å². The molecule has 0 saturated carbocycles. The van der Waals surface area contributed by atoms with Crippen LogP contribution >= 0.6 is 0 Å². The zero-order valence-corrected chi connectivity index (χ0v) is 34.9. The molecule has 0 aliphatic heterocycles. The monoisotopic (exact) mass is 858 g/mol. The van der Waals surface area contributed by atoms with Crippen LogP contribution in [0.4, 0.5) is 0 Å². The first kappa shape index (κ1) is 54.1. The third kappa shape index (κ3) is 21.7. The molecule has 0 radical (unpaired) electrons. The number of primary amides is 1. The minimum atomic E-state index is -1.89. The molecule has 0 spiro atoms. The van der Waals surface area contributed by atoms with Crippen molar-refractivity contribution in [3.8, 4) is 0 Å². The van der Waals surface area contributed by atoms with E-state index in [2.05, 4.69) is 42.5 Å². The molecular formula is C36H62N10O14. The Morgan fingerprint density at radius 1 is 0.533 bits per heavy atom. The molecule has 24 nitrogen and oxygen atoms in total. The molecule has 24 heteroatoms. The van der Waals surface area contributed by atoms with E-state index in [9.17, 15) is 68.1 Å². The van der Waals surface area contributed by atoms with Crippen LogP contribution in [0.5, 0.6) is 0 Å². The van der Waals surface area contributed by atoms with Crippen molar-refractivity contribution in [3.63, 3.8) is 0 Å². The van der Waals surface area contributed by atoms with E-state index in [1.165, 1.54) is 6.92 Å². The highest BCUT2D eigenvalue weighted by atomic mass is 16.4. The number of carbonyl (C=O) groups is 11. The van der Waals surface area contributed by atoms with Gasteiger partial charge in [0, 0.05) is 6.42 Å². The van der Waals surface area contributed by atoms with Crippen molar-refractivity contribution < 1.29 is 68.1 Å². The Labute approximate surface area is 347 Å². The summed E-state index contributed by atoms with van der Waals surface area (Å²) in [5.74, 6) is -12.0. The molecule has 9 amide bonds. The number of carboxylic acids is 2. The number of nitrogens with one attached hydrogen (secondary N) is 8. The SMILES string of the molecule is CC(C)C[C@H](NC(=O)[C@H](C)NC(=O)[C@H](CCC(N)=O)NC(=O)[C@H](CC(C)C)NC(=O)[C@H](CC(=O)O)NC(=O)[C@H](CO)NC(=O)CNC(=O)CNC(=O)[C@@H](N)C(C)C)C(=O)O. The van der Waals surface area contributed by atoms with Crippen molar-refractivity contribution in [2.75, 3.05) is 19.7 Å². The summed E-state index contributed by atoms with van der Waals surface area (Å²) in [5, 5.41) is 46.8. The van der Waals surface area contributed by atoms with Crippen molar-refractivity contribution in [3.05, 3.63) is 0 Å². The van der Waals surface area contributed by atoms with Crippen molar-refractivity contribution in [1.29, 1.82) is 0 Å². The maximum Gasteiger partial charge on any atom is 0.326 e. The summed E-state index contributed by atoms with van der Waals surface area (Å²) in [4.78, 5) is 138. The molecular weight excluding hydrogens is 796 g/mol. The highest BCUT2D eigenvalue weighted by Gasteiger charge is 2.34. The zero-order valence-electron chi connectivity index (χ0n) is 34.9. The first-order chi connectivity index (χ1) is 27.8. The number of aliphatic hydroxyl groups is 1. The number of hydrogen-bond acceptors (Lipinski definition) is 13. The normalized spacial score (nSPS) is 14.5. The van der Waals surface area contributed by atoms with Gasteiger partial charge >= 0.3 is 11.9 Å². The number of carbonyl (C=O) groups excluding carboxylic acids is 9. The van der Waals surface area contributed by atoms with Crippen LogP contribution in [0.3, 0.4) is 0 Å². The summed E-state index contributed by atoms with van der Waals surface area (Å²) >= 11 is 0. The van der Waals surface area contributed by atoms with Gasteiger partial charge in [-0.2, -0.15) is 0 Å². The topological polar surface area (TPSA) is 397 Å². The van der Waals surface area contributed by atoms with Crippen molar-refractivity contribution in [1.82, 2.24) is 42.5 Å². The van der Waals surface area contributed by atoms with Crippen LogP contribution < -0.4 is 54.0 Å². The minimum Gasteiger partial charge on any atom is -0.481 e. The fourth-order valence-corrected chi connectivity index (χ4v) is 5.10. The Morgan fingerprint density at radius 2 is 1.00 bits per heavy atom. The molecule has 0 aromatic carbocycles. The number of nitrogens with two attached hydrogens (primary N) is 2. The number of aliphatic hydroxyl groups excluding tert-OH is 1. The predicted molar refractivity (Wildman–Crippen MR) is 210 cm³/mol. The molecule has 7 atom stereocenters. The molecule has 340 valence electrons. The van der Waals surface area contributed by atoms with Crippen LogP contribution in [0.25, 0.3) is 0 Å². The maximum atomic E-state index is 13.6. The quantitative estimate of drug-likeness (QED) is 0.0351. The summed E-state index contributed by atoms with van der Waals surface area (Å²) in [6.07, 6.45) is -1.82. The van der Waals surface area contributed by atoms with Crippen molar-refractivity contribution in [2.45, 2.75) is 123 Å². The van der Waals surface area contributed by atoms with Gasteiger partial charge in [-0.1, -0.05) is 41.5 Å². The van der Waals surface area contributed by atoms with Gasteiger partial charge in [0.05, 0.1) is 32.2 Å². The van der Waals surface area contributed by atoms with E-state index in [1.54, 1.807) is 41.5 Å². The molecule has 60 heavy (non-hydrogen) atoms. The molecule has 0 unspecified atom stereocenters. The van der Waals surface area contributed by atoms with Gasteiger partial charge in [0.25, 0.3) is 0 Å². The molecule has 0 aromatic rings. The summed E-state index contributed by atoms with van der Waals surface area (Å²) < 4.78 is 0. The number of aliphatic carboxylic acids is 2. The van der Waals surface area contributed by atoms with Crippen LogP contribution in [-0.2, 0) is 52.7 Å². The van der Waals surface area contributed by atoms with Crippen LogP contribution in [0.1, 0.15) is 80.6 Å². The second-order valence-corrected chi connectivity index (χ2v) is 15.2. The largest absolute Gasteiger partial charge is 0.481 e. The van der Waals surface area contributed by atoms with Crippen molar-refractivity contribution in [2.24, 2.45) is 29.2 Å². The summed E-state index contributed by atoms with van der Waals surface area (Å²) in [6, 6.07) is -10.1. The van der Waals surface area contributed by atoms with Gasteiger partial charge in [0.15, 0.2) is 0 Å². The Morgan fingerprint density at radius 3 is 1.50 bits per heavy atom. The average Bonchev–Trinajstić information content (AvgIpc) is 3.14. The van der Waals surface area contributed by atoms with E-state index >= 15 is 0 Å². The Hall–Kier alpha value is -5.91. The van der Waals surface area contributed by atoms with E-state index in [0.717, 1.165) is 0 Å².